The van der Waals surface area contributed by atoms with E-state index in [9.17, 15) is 14.4 Å². The summed E-state index contributed by atoms with van der Waals surface area (Å²) in [5.74, 6) is 0.189. The van der Waals surface area contributed by atoms with E-state index in [2.05, 4.69) is 10.3 Å². The molecule has 0 spiro atoms. The first-order valence-corrected chi connectivity index (χ1v) is 10.9. The maximum Gasteiger partial charge on any atom is 0.293 e. The van der Waals surface area contributed by atoms with Gasteiger partial charge in [0, 0.05) is 36.9 Å². The highest BCUT2D eigenvalue weighted by molar-refractivity contribution is 8.18. The topological polar surface area (TPSA) is 88.6 Å². The first-order chi connectivity index (χ1) is 14.9. The van der Waals surface area contributed by atoms with Crippen LogP contribution in [0.25, 0.3) is 6.08 Å². The summed E-state index contributed by atoms with van der Waals surface area (Å²) >= 11 is 6.87. The lowest BCUT2D eigenvalue weighted by molar-refractivity contribution is -0.124. The van der Waals surface area contributed by atoms with Crippen molar-refractivity contribution in [2.75, 3.05) is 19.7 Å². The van der Waals surface area contributed by atoms with Crippen molar-refractivity contribution < 1.29 is 19.1 Å². The number of imide groups is 1. The van der Waals surface area contributed by atoms with E-state index in [4.69, 9.17) is 16.3 Å². The summed E-state index contributed by atoms with van der Waals surface area (Å²) in [5.41, 5.74) is 1.68. The second-order valence-corrected chi connectivity index (χ2v) is 8.23. The number of thioether (sulfide) groups is 1. The Morgan fingerprint density at radius 1 is 1.32 bits per heavy atom. The molecule has 1 N–H and O–H groups in total. The Morgan fingerprint density at radius 2 is 2.16 bits per heavy atom. The number of nitrogens with one attached hydrogen (secondary N) is 1. The number of carbonyl (C=O) groups excluding carboxylic acids is 3. The van der Waals surface area contributed by atoms with E-state index in [1.165, 1.54) is 0 Å². The predicted molar refractivity (Wildman–Crippen MR) is 121 cm³/mol. The van der Waals surface area contributed by atoms with Gasteiger partial charge >= 0.3 is 0 Å². The van der Waals surface area contributed by atoms with E-state index in [-0.39, 0.29) is 36.6 Å². The molecule has 162 valence electrons. The molecule has 0 unspecified atom stereocenters. The number of rotatable bonds is 9. The third-order valence-electron chi connectivity index (χ3n) is 4.46. The normalized spacial score (nSPS) is 14.9. The largest absolute Gasteiger partial charge is 0.494 e. The lowest BCUT2D eigenvalue weighted by atomic mass is 10.2. The van der Waals surface area contributed by atoms with Gasteiger partial charge in [0.05, 0.1) is 11.5 Å². The summed E-state index contributed by atoms with van der Waals surface area (Å²) in [5, 5.41) is 3.07. The van der Waals surface area contributed by atoms with Crippen molar-refractivity contribution in [3.63, 3.8) is 0 Å². The molecule has 0 radical (unpaired) electrons. The van der Waals surface area contributed by atoms with Crippen LogP contribution in [0.3, 0.4) is 0 Å². The second-order valence-electron chi connectivity index (χ2n) is 6.83. The van der Waals surface area contributed by atoms with Gasteiger partial charge in [0.15, 0.2) is 0 Å². The van der Waals surface area contributed by atoms with E-state index in [0.717, 1.165) is 27.8 Å². The number of benzene rings is 1. The first-order valence-electron chi connectivity index (χ1n) is 9.75. The Balaban J connectivity index is 1.37. The monoisotopic (exact) mass is 459 g/mol. The van der Waals surface area contributed by atoms with E-state index in [1.54, 1.807) is 42.7 Å². The fraction of sp³-hybridized carbons (Fsp3) is 0.273. The van der Waals surface area contributed by atoms with Gasteiger partial charge in [0.2, 0.25) is 5.91 Å². The Kier molecular flexibility index (Phi) is 8.08. The van der Waals surface area contributed by atoms with Gasteiger partial charge < -0.3 is 10.1 Å². The highest BCUT2D eigenvalue weighted by Crippen LogP contribution is 2.31. The van der Waals surface area contributed by atoms with Crippen molar-refractivity contribution in [1.82, 2.24) is 15.2 Å². The number of hydrogen-bond donors (Lipinski definition) is 1. The molecule has 7 nitrogen and oxygen atoms in total. The summed E-state index contributed by atoms with van der Waals surface area (Å²) in [6, 6.07) is 8.97. The molecule has 1 aromatic carbocycles. The lowest BCUT2D eigenvalue weighted by Crippen LogP contribution is -2.37. The van der Waals surface area contributed by atoms with Gasteiger partial charge in [0.25, 0.3) is 11.1 Å². The molecule has 31 heavy (non-hydrogen) atoms. The average Bonchev–Trinajstić information content (AvgIpc) is 3.01. The van der Waals surface area contributed by atoms with Crippen LogP contribution in [0.5, 0.6) is 5.75 Å². The van der Waals surface area contributed by atoms with Crippen LogP contribution in [-0.2, 0) is 9.59 Å². The number of halogens is 1. The van der Waals surface area contributed by atoms with Crippen molar-refractivity contribution in [2.24, 2.45) is 0 Å². The van der Waals surface area contributed by atoms with Gasteiger partial charge in [-0.1, -0.05) is 17.7 Å². The molecule has 3 rings (SSSR count). The molecule has 2 heterocycles. The molecule has 0 atom stereocenters. The number of nitrogens with zero attached hydrogens (tertiary/aromatic N) is 2. The smallest absolute Gasteiger partial charge is 0.293 e. The highest BCUT2D eigenvalue weighted by Gasteiger charge is 2.34. The lowest BCUT2D eigenvalue weighted by Gasteiger charge is -2.13. The van der Waals surface area contributed by atoms with Gasteiger partial charge in [-0.15, -0.1) is 0 Å². The Hall–Kier alpha value is -2.84. The van der Waals surface area contributed by atoms with Crippen LogP contribution in [0.1, 0.15) is 24.0 Å². The number of amides is 3. The highest BCUT2D eigenvalue weighted by atomic mass is 35.5. The number of hydrogen-bond acceptors (Lipinski definition) is 6. The van der Waals surface area contributed by atoms with Crippen molar-refractivity contribution in [3.8, 4) is 5.75 Å². The van der Waals surface area contributed by atoms with Crippen LogP contribution >= 0.6 is 23.4 Å². The molecule has 1 saturated heterocycles. The maximum atomic E-state index is 12.4. The number of pyridine rings is 1. The predicted octanol–water partition coefficient (Wildman–Crippen LogP) is 4.06. The summed E-state index contributed by atoms with van der Waals surface area (Å²) in [7, 11) is 0. The Bertz CT molecular complexity index is 998. The molecule has 1 aromatic heterocycles. The zero-order valence-electron chi connectivity index (χ0n) is 17.0. The third-order valence-corrected chi connectivity index (χ3v) is 5.79. The molecule has 1 fully saturated rings. The number of aromatic nitrogens is 1. The molecule has 2 aromatic rings. The molecule has 9 heteroatoms. The minimum atomic E-state index is -0.361. The van der Waals surface area contributed by atoms with Gasteiger partial charge in [-0.3, -0.25) is 24.3 Å². The second kappa shape index (κ2) is 11.0. The van der Waals surface area contributed by atoms with Gasteiger partial charge in [-0.05, 0) is 66.6 Å². The van der Waals surface area contributed by atoms with E-state index in [1.807, 2.05) is 13.0 Å². The van der Waals surface area contributed by atoms with Crippen molar-refractivity contribution >= 4 is 46.5 Å². The quantitative estimate of drug-likeness (QED) is 0.449. The number of aryl methyl sites for hydroxylation is 1. The first kappa shape index (κ1) is 22.8. The average molecular weight is 460 g/mol. The molecule has 0 aliphatic carbocycles. The molecule has 1 aliphatic heterocycles. The Morgan fingerprint density at radius 3 is 2.90 bits per heavy atom. The minimum Gasteiger partial charge on any atom is -0.494 e. The number of carbonyl (C=O) groups is 3. The van der Waals surface area contributed by atoms with Crippen LogP contribution in [0, 0.1) is 6.92 Å². The summed E-state index contributed by atoms with van der Waals surface area (Å²) in [4.78, 5) is 42.0. The molecular weight excluding hydrogens is 438 g/mol. The van der Waals surface area contributed by atoms with Crippen LogP contribution in [-0.4, -0.2) is 46.6 Å². The van der Waals surface area contributed by atoms with Crippen LogP contribution in [0.4, 0.5) is 4.79 Å². The van der Waals surface area contributed by atoms with Crippen LogP contribution < -0.4 is 10.1 Å². The molecule has 0 bridgehead atoms. The summed E-state index contributed by atoms with van der Waals surface area (Å²) in [6.07, 6.45) is 5.72. The van der Waals surface area contributed by atoms with Crippen LogP contribution in [0.15, 0.2) is 47.6 Å². The summed E-state index contributed by atoms with van der Waals surface area (Å²) < 4.78 is 5.62. The third kappa shape index (κ3) is 6.57. The van der Waals surface area contributed by atoms with Crippen molar-refractivity contribution in [1.29, 1.82) is 0 Å². The van der Waals surface area contributed by atoms with E-state index < -0.39 is 0 Å². The molecule has 1 aliphatic rings. The molecular formula is C22H22ClN3O4S. The molecule has 0 saturated carbocycles. The fourth-order valence-corrected chi connectivity index (χ4v) is 3.81. The van der Waals surface area contributed by atoms with Gasteiger partial charge in [0.1, 0.15) is 5.75 Å². The molecule has 3 amide bonds. The van der Waals surface area contributed by atoms with Gasteiger partial charge in [-0.25, -0.2) is 0 Å². The Labute approximate surface area is 189 Å². The van der Waals surface area contributed by atoms with E-state index in [0.29, 0.717) is 28.7 Å². The van der Waals surface area contributed by atoms with Crippen LogP contribution in [0.2, 0.25) is 5.02 Å². The standard InChI is InChI=1S/C22H22ClN3O4S/c1-15-12-17(6-7-18(15)23)30-11-3-5-20(27)25-9-10-26-21(28)19(31-22(26)29)13-16-4-2-8-24-14-16/h2,4,6-8,12-14H,3,5,9-11H2,1H3,(H,25,27)/b19-13+. The number of ether oxygens (including phenoxy) is 1. The van der Waals surface area contributed by atoms with Crippen molar-refractivity contribution in [3.05, 3.63) is 63.8 Å². The van der Waals surface area contributed by atoms with Gasteiger partial charge in [-0.2, -0.15) is 0 Å². The van der Waals surface area contributed by atoms with Crippen molar-refractivity contribution in [2.45, 2.75) is 19.8 Å². The SMILES string of the molecule is Cc1cc(OCCCC(=O)NCCN2C(=O)S/C(=C/c3cccnc3)C2=O)ccc1Cl. The zero-order chi connectivity index (χ0) is 22.2. The maximum absolute atomic E-state index is 12.4. The summed E-state index contributed by atoms with van der Waals surface area (Å²) in [6.45, 7) is 2.63. The zero-order valence-corrected chi connectivity index (χ0v) is 18.5. The fourth-order valence-electron chi connectivity index (χ4n) is 2.83. The van der Waals surface area contributed by atoms with E-state index >= 15 is 0 Å². The minimum absolute atomic E-state index is 0.126.